The second kappa shape index (κ2) is 11.1. The van der Waals surface area contributed by atoms with Crippen LogP contribution in [0.15, 0.2) is 53.4 Å². The standard InChI is InChI=1S/C25H33N3O5S/c1-17(2)23(25(30)26-19(4)20-10-8-18(3)9-11-20)27-24(29)21-6-5-7-22(16-21)34(31,32)28-12-14-33-15-13-28/h5-11,16-17,19,23H,12-15H2,1-4H3,(H,26,30)(H,27,29). The van der Waals surface area contributed by atoms with Gasteiger partial charge in [-0.15, -0.1) is 0 Å². The molecule has 0 saturated carbocycles. The van der Waals surface area contributed by atoms with Crippen LogP contribution >= 0.6 is 0 Å². The van der Waals surface area contributed by atoms with Crippen molar-refractivity contribution >= 4 is 21.8 Å². The molecular weight excluding hydrogens is 454 g/mol. The van der Waals surface area contributed by atoms with E-state index in [2.05, 4.69) is 10.6 Å². The van der Waals surface area contributed by atoms with Crippen LogP contribution in [0.4, 0.5) is 0 Å². The van der Waals surface area contributed by atoms with E-state index in [9.17, 15) is 18.0 Å². The number of nitrogens with zero attached hydrogens (tertiary/aromatic N) is 1. The Bertz CT molecular complexity index is 1110. The minimum absolute atomic E-state index is 0.0422. The highest BCUT2D eigenvalue weighted by Crippen LogP contribution is 2.19. The average molecular weight is 488 g/mol. The van der Waals surface area contributed by atoms with Crippen LogP contribution in [0.25, 0.3) is 0 Å². The normalized spacial score (nSPS) is 16.6. The van der Waals surface area contributed by atoms with E-state index >= 15 is 0 Å². The fourth-order valence-corrected chi connectivity index (χ4v) is 5.19. The summed E-state index contributed by atoms with van der Waals surface area (Å²) >= 11 is 0. The van der Waals surface area contributed by atoms with E-state index in [1.54, 1.807) is 0 Å². The van der Waals surface area contributed by atoms with Crippen LogP contribution in [0.1, 0.15) is 48.3 Å². The summed E-state index contributed by atoms with van der Waals surface area (Å²) in [6, 6.07) is 12.8. The van der Waals surface area contributed by atoms with Crippen molar-refractivity contribution in [2.24, 2.45) is 5.92 Å². The van der Waals surface area contributed by atoms with Gasteiger partial charge in [0.2, 0.25) is 15.9 Å². The third-order valence-electron chi connectivity index (χ3n) is 5.88. The van der Waals surface area contributed by atoms with Crippen molar-refractivity contribution in [3.05, 3.63) is 65.2 Å². The lowest BCUT2D eigenvalue weighted by atomic mass is 10.0. The molecule has 0 aromatic heterocycles. The molecule has 1 saturated heterocycles. The Balaban J connectivity index is 1.72. The third kappa shape index (κ3) is 6.22. The molecule has 9 heteroatoms. The molecule has 2 aromatic rings. The summed E-state index contributed by atoms with van der Waals surface area (Å²) in [4.78, 5) is 26.0. The van der Waals surface area contributed by atoms with Gasteiger partial charge in [-0.1, -0.05) is 49.7 Å². The van der Waals surface area contributed by atoms with Gasteiger partial charge >= 0.3 is 0 Å². The Labute approximate surface area is 201 Å². The Morgan fingerprint density at radius 2 is 1.62 bits per heavy atom. The van der Waals surface area contributed by atoms with Crippen LogP contribution < -0.4 is 10.6 Å². The van der Waals surface area contributed by atoms with Gasteiger partial charge < -0.3 is 15.4 Å². The smallest absolute Gasteiger partial charge is 0.251 e. The van der Waals surface area contributed by atoms with Gasteiger partial charge in [0.15, 0.2) is 0 Å². The third-order valence-corrected chi connectivity index (χ3v) is 7.77. The number of hydrogen-bond acceptors (Lipinski definition) is 5. The first kappa shape index (κ1) is 25.9. The number of nitrogens with one attached hydrogen (secondary N) is 2. The number of sulfonamides is 1. The highest BCUT2D eigenvalue weighted by Gasteiger charge is 2.29. The summed E-state index contributed by atoms with van der Waals surface area (Å²) in [6.45, 7) is 8.80. The molecule has 2 N–H and O–H groups in total. The molecule has 1 fully saturated rings. The van der Waals surface area contributed by atoms with Crippen molar-refractivity contribution in [1.29, 1.82) is 0 Å². The maximum atomic E-state index is 13.0. The number of carbonyl (C=O) groups excluding carboxylic acids is 2. The Morgan fingerprint density at radius 1 is 0.971 bits per heavy atom. The van der Waals surface area contributed by atoms with Crippen LogP contribution in [-0.4, -0.2) is 56.9 Å². The van der Waals surface area contributed by atoms with Crippen LogP contribution in [0.5, 0.6) is 0 Å². The van der Waals surface area contributed by atoms with Gasteiger partial charge in [0, 0.05) is 18.7 Å². The van der Waals surface area contributed by atoms with Gasteiger partial charge in [-0.05, 0) is 43.5 Å². The number of morpholine rings is 1. The van der Waals surface area contributed by atoms with Gasteiger partial charge in [-0.25, -0.2) is 8.42 Å². The monoisotopic (exact) mass is 487 g/mol. The number of ether oxygens (including phenoxy) is 1. The van der Waals surface area contributed by atoms with Crippen molar-refractivity contribution in [1.82, 2.24) is 14.9 Å². The highest BCUT2D eigenvalue weighted by atomic mass is 32.2. The second-order valence-electron chi connectivity index (χ2n) is 8.88. The van der Waals surface area contributed by atoms with E-state index in [1.165, 1.54) is 28.6 Å². The van der Waals surface area contributed by atoms with Crippen molar-refractivity contribution < 1.29 is 22.7 Å². The predicted molar refractivity (Wildman–Crippen MR) is 130 cm³/mol. The number of benzene rings is 2. The predicted octanol–water partition coefficient (Wildman–Crippen LogP) is 2.65. The summed E-state index contributed by atoms with van der Waals surface area (Å²) in [5.74, 6) is -0.973. The van der Waals surface area contributed by atoms with Crippen LogP contribution in [-0.2, 0) is 19.6 Å². The summed E-state index contributed by atoms with van der Waals surface area (Å²) in [5.41, 5.74) is 2.28. The highest BCUT2D eigenvalue weighted by molar-refractivity contribution is 7.89. The van der Waals surface area contributed by atoms with Gasteiger partial charge in [0.25, 0.3) is 5.91 Å². The molecular formula is C25H33N3O5S. The zero-order valence-electron chi connectivity index (χ0n) is 20.1. The maximum absolute atomic E-state index is 13.0. The van der Waals surface area contributed by atoms with E-state index < -0.39 is 22.0 Å². The number of amides is 2. The van der Waals surface area contributed by atoms with Crippen molar-refractivity contribution in [3.8, 4) is 0 Å². The first-order chi connectivity index (χ1) is 16.1. The maximum Gasteiger partial charge on any atom is 0.251 e. The quantitative estimate of drug-likeness (QED) is 0.596. The van der Waals surface area contributed by atoms with Gasteiger partial charge in [0.1, 0.15) is 6.04 Å². The minimum atomic E-state index is -3.73. The molecule has 1 aliphatic heterocycles. The van der Waals surface area contributed by atoms with E-state index in [0.29, 0.717) is 13.2 Å². The van der Waals surface area contributed by atoms with E-state index in [4.69, 9.17) is 4.74 Å². The molecule has 0 aliphatic carbocycles. The first-order valence-corrected chi connectivity index (χ1v) is 12.9. The molecule has 0 radical (unpaired) electrons. The molecule has 0 bridgehead atoms. The SMILES string of the molecule is Cc1ccc(C(C)NC(=O)C(NC(=O)c2cccc(S(=O)(=O)N3CCOCC3)c2)C(C)C)cc1. The van der Waals surface area contributed by atoms with Gasteiger partial charge in [-0.2, -0.15) is 4.31 Å². The first-order valence-electron chi connectivity index (χ1n) is 11.5. The zero-order valence-corrected chi connectivity index (χ0v) is 20.9. The molecule has 34 heavy (non-hydrogen) atoms. The number of aryl methyl sites for hydroxylation is 1. The molecule has 2 unspecified atom stereocenters. The van der Waals surface area contributed by atoms with Gasteiger partial charge in [-0.3, -0.25) is 9.59 Å². The van der Waals surface area contributed by atoms with E-state index in [-0.39, 0.29) is 41.4 Å². The molecule has 2 atom stereocenters. The summed E-state index contributed by atoms with van der Waals surface area (Å²) in [6.07, 6.45) is 0. The minimum Gasteiger partial charge on any atom is -0.379 e. The summed E-state index contributed by atoms with van der Waals surface area (Å²) in [5, 5.41) is 5.74. The van der Waals surface area contributed by atoms with Gasteiger partial charge in [0.05, 0.1) is 24.2 Å². The van der Waals surface area contributed by atoms with Crippen LogP contribution in [0, 0.1) is 12.8 Å². The summed E-state index contributed by atoms with van der Waals surface area (Å²) in [7, 11) is -3.73. The molecule has 2 aromatic carbocycles. The molecule has 0 spiro atoms. The molecule has 1 heterocycles. The Morgan fingerprint density at radius 3 is 2.24 bits per heavy atom. The second-order valence-corrected chi connectivity index (χ2v) is 10.8. The van der Waals surface area contributed by atoms with Crippen LogP contribution in [0.3, 0.4) is 0 Å². The molecule has 2 amide bonds. The molecule has 184 valence electrons. The Hall–Kier alpha value is -2.75. The van der Waals surface area contributed by atoms with Crippen molar-refractivity contribution in [3.63, 3.8) is 0 Å². The lowest BCUT2D eigenvalue weighted by molar-refractivity contribution is -0.124. The number of rotatable bonds is 8. The lowest BCUT2D eigenvalue weighted by Gasteiger charge is -2.26. The summed E-state index contributed by atoms with van der Waals surface area (Å²) < 4.78 is 32.5. The molecule has 8 nitrogen and oxygen atoms in total. The van der Waals surface area contributed by atoms with Crippen molar-refractivity contribution in [2.75, 3.05) is 26.3 Å². The Kier molecular flexibility index (Phi) is 8.46. The number of carbonyl (C=O) groups is 2. The zero-order chi connectivity index (χ0) is 24.9. The van der Waals surface area contributed by atoms with Crippen LogP contribution in [0.2, 0.25) is 0 Å². The average Bonchev–Trinajstić information content (AvgIpc) is 2.83. The fourth-order valence-electron chi connectivity index (χ4n) is 3.73. The fraction of sp³-hybridized carbons (Fsp3) is 0.440. The van der Waals surface area contributed by atoms with E-state index in [1.807, 2.05) is 52.0 Å². The molecule has 3 rings (SSSR count). The lowest BCUT2D eigenvalue weighted by Crippen LogP contribution is -2.50. The number of hydrogen-bond donors (Lipinski definition) is 2. The largest absolute Gasteiger partial charge is 0.379 e. The molecule has 1 aliphatic rings. The van der Waals surface area contributed by atoms with Crippen molar-refractivity contribution in [2.45, 2.75) is 44.7 Å². The van der Waals surface area contributed by atoms with E-state index in [0.717, 1.165) is 11.1 Å². The topological polar surface area (TPSA) is 105 Å².